The minimum atomic E-state index is -4.61. The van der Waals surface area contributed by atoms with E-state index in [1.165, 1.54) is 12.1 Å². The molecule has 0 fully saturated rings. The van der Waals surface area contributed by atoms with E-state index in [-0.39, 0.29) is 22.3 Å². The summed E-state index contributed by atoms with van der Waals surface area (Å²) in [6, 6.07) is 9.16. The van der Waals surface area contributed by atoms with Gasteiger partial charge in [0.2, 0.25) is 0 Å². The van der Waals surface area contributed by atoms with Crippen molar-refractivity contribution in [3.05, 3.63) is 76.1 Å². The Morgan fingerprint density at radius 3 is 2.36 bits per heavy atom. The Balaban J connectivity index is 2.47. The molecule has 8 heteroatoms. The van der Waals surface area contributed by atoms with E-state index in [4.69, 9.17) is 5.73 Å². The zero-order valence-corrected chi connectivity index (χ0v) is 14.7. The van der Waals surface area contributed by atoms with Crippen molar-refractivity contribution in [2.24, 2.45) is 0 Å². The van der Waals surface area contributed by atoms with Crippen molar-refractivity contribution in [1.82, 2.24) is 4.57 Å². The number of ether oxygens (including phenoxy) is 1. The van der Waals surface area contributed by atoms with E-state index in [0.717, 1.165) is 35.4 Å². The van der Waals surface area contributed by atoms with Crippen LogP contribution in [-0.2, 0) is 10.9 Å². The fraction of sp³-hybridized carbons (Fsp3) is 0.100. The third-order valence-electron chi connectivity index (χ3n) is 4.32. The van der Waals surface area contributed by atoms with Gasteiger partial charge in [0.1, 0.15) is 5.56 Å². The van der Waals surface area contributed by atoms with Crippen LogP contribution in [0.5, 0.6) is 0 Å². The Kier molecular flexibility index (Phi) is 4.72. The SMILES string of the molecule is C=Cc1ccc(-n2c(=O)c(C(=O)OC)c(N)c3ccc(C(F)(F)F)cc32)cc1. The molecule has 144 valence electrons. The molecule has 3 rings (SSSR count). The molecular weight excluding hydrogens is 373 g/mol. The summed E-state index contributed by atoms with van der Waals surface area (Å²) in [4.78, 5) is 25.1. The van der Waals surface area contributed by atoms with Crippen LogP contribution in [0.3, 0.4) is 0 Å². The lowest BCUT2D eigenvalue weighted by molar-refractivity contribution is -0.137. The molecule has 0 saturated carbocycles. The van der Waals surface area contributed by atoms with Crippen LogP contribution in [0.2, 0.25) is 0 Å². The normalized spacial score (nSPS) is 11.4. The molecule has 1 heterocycles. The number of aromatic nitrogens is 1. The van der Waals surface area contributed by atoms with Crippen molar-refractivity contribution >= 4 is 28.6 Å². The molecule has 2 aromatic carbocycles. The van der Waals surface area contributed by atoms with Gasteiger partial charge in [-0.1, -0.05) is 30.9 Å². The summed E-state index contributed by atoms with van der Waals surface area (Å²) in [5.74, 6) is -0.972. The minimum absolute atomic E-state index is 0.0728. The van der Waals surface area contributed by atoms with Gasteiger partial charge in [0.15, 0.2) is 0 Å². The molecule has 0 aliphatic rings. The number of alkyl halides is 3. The molecule has 0 atom stereocenters. The van der Waals surface area contributed by atoms with Gasteiger partial charge in [-0.3, -0.25) is 9.36 Å². The number of methoxy groups -OCH3 is 1. The van der Waals surface area contributed by atoms with Crippen molar-refractivity contribution in [3.63, 3.8) is 0 Å². The molecule has 2 N–H and O–H groups in total. The first-order chi connectivity index (χ1) is 13.2. The topological polar surface area (TPSA) is 74.3 Å². The van der Waals surface area contributed by atoms with E-state index in [9.17, 15) is 22.8 Å². The van der Waals surface area contributed by atoms with Crippen molar-refractivity contribution in [3.8, 4) is 5.69 Å². The molecule has 5 nitrogen and oxygen atoms in total. The predicted molar refractivity (Wildman–Crippen MR) is 100 cm³/mol. The average molecular weight is 388 g/mol. The highest BCUT2D eigenvalue weighted by molar-refractivity contribution is 6.04. The van der Waals surface area contributed by atoms with Crippen LogP contribution >= 0.6 is 0 Å². The highest BCUT2D eigenvalue weighted by atomic mass is 19.4. The van der Waals surface area contributed by atoms with Crippen LogP contribution in [0.4, 0.5) is 18.9 Å². The van der Waals surface area contributed by atoms with Crippen LogP contribution < -0.4 is 11.3 Å². The number of fused-ring (bicyclic) bond motifs is 1. The lowest BCUT2D eigenvalue weighted by atomic mass is 10.0. The number of benzene rings is 2. The second-order valence-electron chi connectivity index (χ2n) is 5.95. The van der Waals surface area contributed by atoms with Crippen LogP contribution in [0.25, 0.3) is 22.7 Å². The standard InChI is InChI=1S/C20H15F3N2O3/c1-3-11-4-7-13(8-5-11)25-15-10-12(20(21,22)23)6-9-14(15)17(24)16(18(25)26)19(27)28-2/h3-10H,1,24H2,2H3. The zero-order chi connectivity index (χ0) is 20.6. The number of hydrogen-bond donors (Lipinski definition) is 1. The summed E-state index contributed by atoms with van der Waals surface area (Å²) in [6.45, 7) is 3.63. The Labute approximate surface area is 157 Å². The smallest absolute Gasteiger partial charge is 0.416 e. The number of hydrogen-bond acceptors (Lipinski definition) is 4. The van der Waals surface area contributed by atoms with Crippen molar-refractivity contribution in [2.75, 3.05) is 12.8 Å². The van der Waals surface area contributed by atoms with E-state index >= 15 is 0 Å². The summed E-state index contributed by atoms with van der Waals surface area (Å²) in [6.07, 6.45) is -3.03. The number of halogens is 3. The van der Waals surface area contributed by atoms with Gasteiger partial charge in [-0.05, 0) is 29.8 Å². The van der Waals surface area contributed by atoms with Gasteiger partial charge >= 0.3 is 12.1 Å². The molecule has 0 aliphatic heterocycles. The molecule has 0 unspecified atom stereocenters. The van der Waals surface area contributed by atoms with Gasteiger partial charge in [-0.25, -0.2) is 4.79 Å². The number of rotatable bonds is 3. The molecule has 3 aromatic rings. The van der Waals surface area contributed by atoms with Gasteiger partial charge in [0, 0.05) is 11.1 Å². The number of anilines is 1. The number of pyridine rings is 1. The fourth-order valence-corrected chi connectivity index (χ4v) is 2.91. The maximum Gasteiger partial charge on any atom is 0.416 e. The number of nitrogen functional groups attached to an aromatic ring is 1. The van der Waals surface area contributed by atoms with Crippen LogP contribution in [-0.4, -0.2) is 17.6 Å². The number of carbonyl (C=O) groups is 1. The molecule has 28 heavy (non-hydrogen) atoms. The second kappa shape index (κ2) is 6.88. The minimum Gasteiger partial charge on any atom is -0.465 e. The van der Waals surface area contributed by atoms with Gasteiger partial charge < -0.3 is 10.5 Å². The molecule has 0 spiro atoms. The Hall–Kier alpha value is -3.55. The summed E-state index contributed by atoms with van der Waals surface area (Å²) in [5, 5.41) is 0.126. The van der Waals surface area contributed by atoms with Crippen LogP contribution in [0, 0.1) is 0 Å². The Morgan fingerprint density at radius 2 is 1.82 bits per heavy atom. The maximum atomic E-state index is 13.2. The fourth-order valence-electron chi connectivity index (χ4n) is 2.91. The third kappa shape index (κ3) is 3.13. The van der Waals surface area contributed by atoms with Crippen molar-refractivity contribution in [2.45, 2.75) is 6.18 Å². The summed E-state index contributed by atoms with van der Waals surface area (Å²) >= 11 is 0. The molecule has 1 aromatic heterocycles. The monoisotopic (exact) mass is 388 g/mol. The van der Waals surface area contributed by atoms with E-state index in [1.807, 2.05) is 0 Å². The zero-order valence-electron chi connectivity index (χ0n) is 14.7. The highest BCUT2D eigenvalue weighted by Crippen LogP contribution is 2.34. The molecule has 0 radical (unpaired) electrons. The first-order valence-electron chi connectivity index (χ1n) is 8.05. The van der Waals surface area contributed by atoms with Gasteiger partial charge in [0.05, 0.1) is 23.9 Å². The van der Waals surface area contributed by atoms with Crippen LogP contribution in [0.15, 0.2) is 53.8 Å². The number of nitrogens with two attached hydrogens (primary N) is 1. The molecule has 0 aliphatic carbocycles. The largest absolute Gasteiger partial charge is 0.465 e. The summed E-state index contributed by atoms with van der Waals surface area (Å²) in [7, 11) is 1.08. The highest BCUT2D eigenvalue weighted by Gasteiger charge is 2.32. The lowest BCUT2D eigenvalue weighted by Gasteiger charge is -2.17. The number of esters is 1. The number of nitrogens with zero attached hydrogens (tertiary/aromatic N) is 1. The van der Waals surface area contributed by atoms with Gasteiger partial charge in [-0.2, -0.15) is 13.2 Å². The van der Waals surface area contributed by atoms with E-state index < -0.39 is 28.8 Å². The van der Waals surface area contributed by atoms with E-state index in [0.29, 0.717) is 0 Å². The Morgan fingerprint density at radius 1 is 1.18 bits per heavy atom. The van der Waals surface area contributed by atoms with Crippen molar-refractivity contribution in [1.29, 1.82) is 0 Å². The summed E-state index contributed by atoms with van der Waals surface area (Å²) in [5.41, 5.74) is 4.39. The number of carbonyl (C=O) groups excluding carboxylic acids is 1. The quantitative estimate of drug-likeness (QED) is 0.688. The molecule has 0 saturated heterocycles. The first-order valence-corrected chi connectivity index (χ1v) is 8.05. The van der Waals surface area contributed by atoms with E-state index in [1.54, 1.807) is 18.2 Å². The maximum absolute atomic E-state index is 13.2. The average Bonchev–Trinajstić information content (AvgIpc) is 2.67. The Bertz CT molecular complexity index is 1150. The predicted octanol–water partition coefficient (Wildman–Crippen LogP) is 4.02. The first kappa shape index (κ1) is 19.2. The lowest BCUT2D eigenvalue weighted by Crippen LogP contribution is -2.28. The van der Waals surface area contributed by atoms with E-state index in [2.05, 4.69) is 11.3 Å². The third-order valence-corrected chi connectivity index (χ3v) is 4.32. The van der Waals surface area contributed by atoms with Crippen LogP contribution in [0.1, 0.15) is 21.5 Å². The van der Waals surface area contributed by atoms with Crippen molar-refractivity contribution < 1.29 is 22.7 Å². The molecule has 0 amide bonds. The van der Waals surface area contributed by atoms with Gasteiger partial charge in [-0.15, -0.1) is 0 Å². The van der Waals surface area contributed by atoms with Gasteiger partial charge in [0.25, 0.3) is 5.56 Å². The summed E-state index contributed by atoms with van der Waals surface area (Å²) < 4.78 is 45.3. The second-order valence-corrected chi connectivity index (χ2v) is 5.95. The molecule has 0 bridgehead atoms. The molecular formula is C20H15F3N2O3.